The van der Waals surface area contributed by atoms with Gasteiger partial charge in [0.05, 0.1) is 10.8 Å². The Morgan fingerprint density at radius 1 is 1.10 bits per heavy atom. The van der Waals surface area contributed by atoms with Crippen molar-refractivity contribution in [2.45, 2.75) is 24.3 Å². The number of amides is 1. The molecule has 1 fully saturated rings. The second-order valence-electron chi connectivity index (χ2n) is 6.55. The van der Waals surface area contributed by atoms with E-state index < -0.39 is 28.4 Å². The maximum absolute atomic E-state index is 13.1. The number of nitrogens with one attached hydrogen (secondary N) is 1. The lowest BCUT2D eigenvalue weighted by molar-refractivity contribution is -0.120. The molecule has 1 N–H and O–H groups in total. The van der Waals surface area contributed by atoms with E-state index in [1.165, 1.54) is 40.7 Å². The highest BCUT2D eigenvalue weighted by Gasteiger charge is 2.33. The van der Waals surface area contributed by atoms with Gasteiger partial charge in [-0.2, -0.15) is 13.1 Å². The lowest BCUT2D eigenvalue weighted by Gasteiger charge is -2.31. The minimum Gasteiger partial charge on any atom is -0.435 e. The van der Waals surface area contributed by atoms with E-state index in [-0.39, 0.29) is 29.6 Å². The van der Waals surface area contributed by atoms with Crippen LogP contribution in [0.2, 0.25) is 0 Å². The van der Waals surface area contributed by atoms with E-state index in [1.807, 2.05) is 0 Å². The van der Waals surface area contributed by atoms with E-state index in [0.717, 1.165) is 12.1 Å². The summed E-state index contributed by atoms with van der Waals surface area (Å²) in [5, 5.41) is 2.66. The number of rotatable bonds is 6. The zero-order valence-corrected chi connectivity index (χ0v) is 16.0. The molecule has 1 atom stereocenters. The first-order chi connectivity index (χ1) is 13.8. The van der Waals surface area contributed by atoms with Crippen LogP contribution in [0.15, 0.2) is 53.4 Å². The Bertz CT molecular complexity index is 950. The summed E-state index contributed by atoms with van der Waals surface area (Å²) in [5.74, 6) is -1.51. The Morgan fingerprint density at radius 2 is 1.76 bits per heavy atom. The van der Waals surface area contributed by atoms with Crippen LogP contribution in [0, 0.1) is 11.7 Å². The molecule has 29 heavy (non-hydrogen) atoms. The average Bonchev–Trinajstić information content (AvgIpc) is 2.69. The fraction of sp³-hybridized carbons (Fsp3) is 0.316. The largest absolute Gasteiger partial charge is 0.435 e. The van der Waals surface area contributed by atoms with Crippen molar-refractivity contribution < 1.29 is 31.1 Å². The molecular formula is C19H19F3N2O4S. The van der Waals surface area contributed by atoms with Gasteiger partial charge in [0.1, 0.15) is 11.6 Å². The number of sulfonamides is 1. The van der Waals surface area contributed by atoms with Gasteiger partial charge in [-0.05, 0) is 61.4 Å². The molecule has 0 radical (unpaired) electrons. The third kappa shape index (κ3) is 5.27. The van der Waals surface area contributed by atoms with Crippen LogP contribution in [-0.2, 0) is 14.8 Å². The number of halogens is 3. The number of hydrogen-bond acceptors (Lipinski definition) is 4. The molecule has 6 nitrogen and oxygen atoms in total. The number of benzene rings is 2. The molecular weight excluding hydrogens is 409 g/mol. The molecule has 0 aromatic heterocycles. The first kappa shape index (κ1) is 21.1. The Balaban J connectivity index is 1.65. The lowest BCUT2D eigenvalue weighted by Crippen LogP contribution is -2.43. The van der Waals surface area contributed by atoms with Gasteiger partial charge in [0, 0.05) is 18.8 Å². The van der Waals surface area contributed by atoms with Crippen LogP contribution in [0.5, 0.6) is 5.75 Å². The smallest absolute Gasteiger partial charge is 0.387 e. The van der Waals surface area contributed by atoms with E-state index in [0.29, 0.717) is 18.5 Å². The maximum atomic E-state index is 13.1. The van der Waals surface area contributed by atoms with Crippen molar-refractivity contribution in [2.24, 2.45) is 5.92 Å². The van der Waals surface area contributed by atoms with Crippen LogP contribution in [-0.4, -0.2) is 38.3 Å². The number of hydrogen-bond donors (Lipinski definition) is 1. The van der Waals surface area contributed by atoms with Gasteiger partial charge in [-0.1, -0.05) is 0 Å². The topological polar surface area (TPSA) is 75.7 Å². The molecule has 1 amide bonds. The standard InChI is InChI=1S/C19H19F3N2O4S/c20-14-3-9-17(10-4-14)29(26,27)24-11-1-2-13(12-24)18(25)23-15-5-7-16(8-6-15)28-19(21)22/h3-10,13,19H,1-2,11-12H2,(H,23,25). The molecule has 2 aromatic carbocycles. The summed E-state index contributed by atoms with van der Waals surface area (Å²) >= 11 is 0. The number of anilines is 1. The molecule has 1 unspecified atom stereocenters. The molecule has 3 rings (SSSR count). The number of piperidine rings is 1. The SMILES string of the molecule is O=C(Nc1ccc(OC(F)F)cc1)C1CCCN(S(=O)(=O)c2ccc(F)cc2)C1. The lowest BCUT2D eigenvalue weighted by atomic mass is 9.99. The van der Waals surface area contributed by atoms with Crippen molar-refractivity contribution in [1.29, 1.82) is 0 Å². The van der Waals surface area contributed by atoms with Gasteiger partial charge in [-0.15, -0.1) is 0 Å². The van der Waals surface area contributed by atoms with Gasteiger partial charge in [-0.3, -0.25) is 4.79 Å². The molecule has 0 spiro atoms. The van der Waals surface area contributed by atoms with Crippen molar-refractivity contribution in [3.63, 3.8) is 0 Å². The fourth-order valence-electron chi connectivity index (χ4n) is 3.09. The predicted octanol–water partition coefficient (Wildman–Crippen LogP) is 3.47. The second kappa shape index (κ2) is 8.83. The van der Waals surface area contributed by atoms with Gasteiger partial charge in [0.25, 0.3) is 0 Å². The van der Waals surface area contributed by atoms with Crippen LogP contribution in [0.3, 0.4) is 0 Å². The summed E-state index contributed by atoms with van der Waals surface area (Å²) in [5.41, 5.74) is 0.384. The zero-order chi connectivity index (χ0) is 21.0. The molecule has 0 saturated carbocycles. The van der Waals surface area contributed by atoms with E-state index in [9.17, 15) is 26.4 Å². The van der Waals surface area contributed by atoms with Gasteiger partial charge >= 0.3 is 6.61 Å². The molecule has 0 aliphatic carbocycles. The monoisotopic (exact) mass is 428 g/mol. The fourth-order valence-corrected chi connectivity index (χ4v) is 4.62. The zero-order valence-electron chi connectivity index (χ0n) is 15.2. The minimum atomic E-state index is -3.84. The quantitative estimate of drug-likeness (QED) is 0.765. The van der Waals surface area contributed by atoms with Gasteiger partial charge < -0.3 is 10.1 Å². The van der Waals surface area contributed by atoms with E-state index in [2.05, 4.69) is 10.1 Å². The van der Waals surface area contributed by atoms with Crippen molar-refractivity contribution in [2.75, 3.05) is 18.4 Å². The van der Waals surface area contributed by atoms with E-state index in [4.69, 9.17) is 0 Å². The third-order valence-corrected chi connectivity index (χ3v) is 6.43. The van der Waals surface area contributed by atoms with E-state index >= 15 is 0 Å². The average molecular weight is 428 g/mol. The van der Waals surface area contributed by atoms with E-state index in [1.54, 1.807) is 0 Å². The molecule has 2 aromatic rings. The molecule has 1 aliphatic rings. The Labute approximate surface area is 166 Å². The summed E-state index contributed by atoms with van der Waals surface area (Å²) in [7, 11) is -3.84. The third-order valence-electron chi connectivity index (χ3n) is 4.55. The number of alkyl halides is 2. The molecule has 10 heteroatoms. The Kier molecular flexibility index (Phi) is 6.43. The first-order valence-corrected chi connectivity index (χ1v) is 10.3. The number of ether oxygens (including phenoxy) is 1. The number of carbonyl (C=O) groups is 1. The number of nitrogens with zero attached hydrogens (tertiary/aromatic N) is 1. The first-order valence-electron chi connectivity index (χ1n) is 8.87. The van der Waals surface area contributed by atoms with Crippen molar-refractivity contribution in [1.82, 2.24) is 4.31 Å². The molecule has 156 valence electrons. The van der Waals surface area contributed by atoms with Crippen LogP contribution in [0.1, 0.15) is 12.8 Å². The Morgan fingerprint density at radius 3 is 2.38 bits per heavy atom. The van der Waals surface area contributed by atoms with Gasteiger partial charge in [-0.25, -0.2) is 12.8 Å². The summed E-state index contributed by atoms with van der Waals surface area (Å²) < 4.78 is 68.4. The summed E-state index contributed by atoms with van der Waals surface area (Å²) in [4.78, 5) is 12.5. The maximum Gasteiger partial charge on any atom is 0.387 e. The highest BCUT2D eigenvalue weighted by molar-refractivity contribution is 7.89. The van der Waals surface area contributed by atoms with Crippen molar-refractivity contribution >= 4 is 21.6 Å². The highest BCUT2D eigenvalue weighted by atomic mass is 32.2. The van der Waals surface area contributed by atoms with Crippen LogP contribution in [0.25, 0.3) is 0 Å². The molecule has 1 heterocycles. The normalized spacial score (nSPS) is 17.9. The van der Waals surface area contributed by atoms with Crippen molar-refractivity contribution in [3.8, 4) is 5.75 Å². The molecule has 1 aliphatic heterocycles. The van der Waals surface area contributed by atoms with Gasteiger partial charge in [0.2, 0.25) is 15.9 Å². The highest BCUT2D eigenvalue weighted by Crippen LogP contribution is 2.25. The van der Waals surface area contributed by atoms with Crippen molar-refractivity contribution in [3.05, 3.63) is 54.3 Å². The second-order valence-corrected chi connectivity index (χ2v) is 8.49. The Hall–Kier alpha value is -2.59. The summed E-state index contributed by atoms with van der Waals surface area (Å²) in [6, 6.07) is 9.97. The minimum absolute atomic E-state index is 0.00186. The van der Waals surface area contributed by atoms with Gasteiger partial charge in [0.15, 0.2) is 0 Å². The summed E-state index contributed by atoms with van der Waals surface area (Å²) in [6.45, 7) is -2.67. The molecule has 0 bridgehead atoms. The predicted molar refractivity (Wildman–Crippen MR) is 99.6 cm³/mol. The van der Waals surface area contributed by atoms with Crippen LogP contribution >= 0.6 is 0 Å². The number of carbonyl (C=O) groups excluding carboxylic acids is 1. The summed E-state index contributed by atoms with van der Waals surface area (Å²) in [6.07, 6.45) is 1.01. The van der Waals surface area contributed by atoms with Crippen LogP contribution in [0.4, 0.5) is 18.9 Å². The van der Waals surface area contributed by atoms with Crippen LogP contribution < -0.4 is 10.1 Å². The molecule has 1 saturated heterocycles.